The Hall–Kier alpha value is -0.830. The molecule has 0 saturated heterocycles. The third-order valence-electron chi connectivity index (χ3n) is 3.18. The van der Waals surface area contributed by atoms with Gasteiger partial charge in [-0.15, -0.1) is 6.58 Å². The van der Waals surface area contributed by atoms with Crippen LogP contribution in [0.2, 0.25) is 0 Å². The molecule has 15 heavy (non-hydrogen) atoms. The highest BCUT2D eigenvalue weighted by Gasteiger charge is 2.25. The van der Waals surface area contributed by atoms with E-state index in [9.17, 15) is 4.79 Å². The van der Waals surface area contributed by atoms with Gasteiger partial charge in [0, 0.05) is 12.6 Å². The van der Waals surface area contributed by atoms with Gasteiger partial charge in [-0.25, -0.2) is 0 Å². The molecule has 1 saturated carbocycles. The van der Waals surface area contributed by atoms with Gasteiger partial charge in [0.2, 0.25) is 5.91 Å². The molecule has 3 nitrogen and oxygen atoms in total. The van der Waals surface area contributed by atoms with Crippen LogP contribution in [0, 0.1) is 5.92 Å². The van der Waals surface area contributed by atoms with Gasteiger partial charge in [0.05, 0.1) is 6.04 Å². The maximum Gasteiger partial charge on any atom is 0.237 e. The Morgan fingerprint density at radius 3 is 2.67 bits per heavy atom. The van der Waals surface area contributed by atoms with Crippen molar-refractivity contribution in [3.63, 3.8) is 0 Å². The Morgan fingerprint density at radius 1 is 1.53 bits per heavy atom. The summed E-state index contributed by atoms with van der Waals surface area (Å²) in [5.74, 6) is 0.820. The summed E-state index contributed by atoms with van der Waals surface area (Å²) in [5.41, 5.74) is 0. The minimum atomic E-state index is -0.111. The zero-order chi connectivity index (χ0) is 11.3. The van der Waals surface area contributed by atoms with Crippen molar-refractivity contribution in [1.29, 1.82) is 0 Å². The summed E-state index contributed by atoms with van der Waals surface area (Å²) in [6.07, 6.45) is 5.64. The first-order chi connectivity index (χ1) is 7.15. The van der Waals surface area contributed by atoms with E-state index in [0.29, 0.717) is 12.6 Å². The highest BCUT2D eigenvalue weighted by molar-refractivity contribution is 5.81. The molecule has 1 rings (SSSR count). The van der Waals surface area contributed by atoms with E-state index in [-0.39, 0.29) is 11.9 Å². The van der Waals surface area contributed by atoms with E-state index in [4.69, 9.17) is 0 Å². The lowest BCUT2D eigenvalue weighted by Gasteiger charge is -2.33. The summed E-state index contributed by atoms with van der Waals surface area (Å²) < 4.78 is 0. The SMILES string of the molecule is C=CCNC(=O)C(C)NC(C)C1CCC1. The summed E-state index contributed by atoms with van der Waals surface area (Å²) in [4.78, 5) is 11.5. The van der Waals surface area contributed by atoms with Gasteiger partial charge >= 0.3 is 0 Å². The fourth-order valence-electron chi connectivity index (χ4n) is 1.87. The van der Waals surface area contributed by atoms with Gasteiger partial charge in [-0.1, -0.05) is 12.5 Å². The van der Waals surface area contributed by atoms with Crippen LogP contribution >= 0.6 is 0 Å². The Labute approximate surface area is 92.3 Å². The third kappa shape index (κ3) is 3.67. The standard InChI is InChI=1S/C12H22N2O/c1-4-8-13-12(15)10(3)14-9(2)11-6-5-7-11/h4,9-11,14H,1,5-8H2,2-3H3,(H,13,15). The molecule has 0 aromatic heterocycles. The zero-order valence-electron chi connectivity index (χ0n) is 9.75. The zero-order valence-corrected chi connectivity index (χ0v) is 9.75. The molecule has 2 N–H and O–H groups in total. The van der Waals surface area contributed by atoms with Crippen LogP contribution in [0.1, 0.15) is 33.1 Å². The van der Waals surface area contributed by atoms with Crippen LogP contribution in [0.4, 0.5) is 0 Å². The predicted molar refractivity (Wildman–Crippen MR) is 62.6 cm³/mol. The molecule has 3 heteroatoms. The van der Waals surface area contributed by atoms with Gasteiger partial charge in [-0.05, 0) is 32.6 Å². The lowest BCUT2D eigenvalue weighted by molar-refractivity contribution is -0.122. The minimum absolute atomic E-state index is 0.0565. The molecule has 0 aromatic carbocycles. The predicted octanol–water partition coefficient (Wildman–Crippen LogP) is 1.46. The number of amides is 1. The molecule has 1 fully saturated rings. The summed E-state index contributed by atoms with van der Waals surface area (Å²) in [6, 6.07) is 0.337. The van der Waals surface area contributed by atoms with E-state index in [1.54, 1.807) is 6.08 Å². The van der Waals surface area contributed by atoms with Crippen molar-refractivity contribution in [2.75, 3.05) is 6.54 Å². The minimum Gasteiger partial charge on any atom is -0.351 e. The molecule has 1 aliphatic carbocycles. The first-order valence-corrected chi connectivity index (χ1v) is 5.79. The van der Waals surface area contributed by atoms with Gasteiger partial charge in [-0.2, -0.15) is 0 Å². The molecular formula is C12H22N2O. The number of nitrogens with one attached hydrogen (secondary N) is 2. The van der Waals surface area contributed by atoms with E-state index in [2.05, 4.69) is 24.1 Å². The van der Waals surface area contributed by atoms with Crippen LogP contribution in [0.5, 0.6) is 0 Å². The van der Waals surface area contributed by atoms with E-state index < -0.39 is 0 Å². The van der Waals surface area contributed by atoms with E-state index in [1.165, 1.54) is 19.3 Å². The van der Waals surface area contributed by atoms with Crippen LogP contribution in [-0.4, -0.2) is 24.5 Å². The van der Waals surface area contributed by atoms with Crippen LogP contribution in [0.25, 0.3) is 0 Å². The molecule has 1 aliphatic rings. The molecule has 0 radical (unpaired) electrons. The van der Waals surface area contributed by atoms with Crippen LogP contribution in [0.3, 0.4) is 0 Å². The van der Waals surface area contributed by atoms with Gasteiger partial charge in [0.25, 0.3) is 0 Å². The van der Waals surface area contributed by atoms with Gasteiger partial charge in [0.1, 0.15) is 0 Å². The van der Waals surface area contributed by atoms with E-state index in [1.807, 2.05) is 6.92 Å². The first-order valence-electron chi connectivity index (χ1n) is 5.79. The molecule has 0 aromatic rings. The van der Waals surface area contributed by atoms with Crippen LogP contribution in [-0.2, 0) is 4.79 Å². The number of hydrogen-bond donors (Lipinski definition) is 2. The number of carbonyl (C=O) groups is 1. The fourth-order valence-corrected chi connectivity index (χ4v) is 1.87. The molecule has 0 bridgehead atoms. The van der Waals surface area contributed by atoms with Crippen molar-refractivity contribution in [1.82, 2.24) is 10.6 Å². The van der Waals surface area contributed by atoms with Crippen molar-refractivity contribution >= 4 is 5.91 Å². The molecule has 86 valence electrons. The lowest BCUT2D eigenvalue weighted by Crippen LogP contribution is -2.49. The normalized spacial score (nSPS) is 20.1. The van der Waals surface area contributed by atoms with Gasteiger partial charge < -0.3 is 10.6 Å². The van der Waals surface area contributed by atoms with Crippen molar-refractivity contribution in [3.8, 4) is 0 Å². The molecular weight excluding hydrogens is 188 g/mol. The highest BCUT2D eigenvalue weighted by Crippen LogP contribution is 2.29. The van der Waals surface area contributed by atoms with E-state index >= 15 is 0 Å². The monoisotopic (exact) mass is 210 g/mol. The topological polar surface area (TPSA) is 41.1 Å². The summed E-state index contributed by atoms with van der Waals surface area (Å²) in [6.45, 7) is 8.19. The summed E-state index contributed by atoms with van der Waals surface area (Å²) in [5, 5.41) is 6.14. The summed E-state index contributed by atoms with van der Waals surface area (Å²) >= 11 is 0. The number of hydrogen-bond acceptors (Lipinski definition) is 2. The second-order valence-electron chi connectivity index (χ2n) is 4.40. The quantitative estimate of drug-likeness (QED) is 0.652. The molecule has 0 heterocycles. The Balaban J connectivity index is 2.23. The fraction of sp³-hybridized carbons (Fsp3) is 0.750. The Kier molecular flexibility index (Phi) is 4.82. The average Bonchev–Trinajstić information content (AvgIpc) is 2.10. The second-order valence-corrected chi connectivity index (χ2v) is 4.40. The van der Waals surface area contributed by atoms with Crippen molar-refractivity contribution in [2.45, 2.75) is 45.2 Å². The maximum atomic E-state index is 11.5. The van der Waals surface area contributed by atoms with Crippen molar-refractivity contribution in [3.05, 3.63) is 12.7 Å². The molecule has 2 unspecified atom stereocenters. The Morgan fingerprint density at radius 2 is 2.20 bits per heavy atom. The molecule has 2 atom stereocenters. The van der Waals surface area contributed by atoms with Crippen molar-refractivity contribution in [2.24, 2.45) is 5.92 Å². The van der Waals surface area contributed by atoms with Gasteiger partial charge in [0.15, 0.2) is 0 Å². The smallest absolute Gasteiger partial charge is 0.237 e. The average molecular weight is 210 g/mol. The largest absolute Gasteiger partial charge is 0.351 e. The van der Waals surface area contributed by atoms with Crippen molar-refractivity contribution < 1.29 is 4.79 Å². The number of carbonyl (C=O) groups excluding carboxylic acids is 1. The van der Waals surface area contributed by atoms with Gasteiger partial charge in [-0.3, -0.25) is 4.79 Å². The first kappa shape index (κ1) is 12.2. The summed E-state index contributed by atoms with van der Waals surface area (Å²) in [7, 11) is 0. The van der Waals surface area contributed by atoms with E-state index in [0.717, 1.165) is 5.92 Å². The number of rotatable bonds is 6. The molecule has 0 spiro atoms. The van der Waals surface area contributed by atoms with Crippen LogP contribution < -0.4 is 10.6 Å². The third-order valence-corrected chi connectivity index (χ3v) is 3.18. The lowest BCUT2D eigenvalue weighted by atomic mass is 9.80. The Bertz CT molecular complexity index is 224. The molecule has 0 aliphatic heterocycles. The highest BCUT2D eigenvalue weighted by atomic mass is 16.2. The van der Waals surface area contributed by atoms with Crippen LogP contribution in [0.15, 0.2) is 12.7 Å². The second kappa shape index (κ2) is 5.91. The molecule has 1 amide bonds. The maximum absolute atomic E-state index is 11.5.